The summed E-state index contributed by atoms with van der Waals surface area (Å²) < 4.78 is 26.8. The van der Waals surface area contributed by atoms with Crippen molar-refractivity contribution >= 4 is 45.6 Å². The average Bonchev–Trinajstić information content (AvgIpc) is 3.02. The molecule has 0 spiro atoms. The van der Waals surface area contributed by atoms with E-state index in [0.29, 0.717) is 6.54 Å². The summed E-state index contributed by atoms with van der Waals surface area (Å²) >= 11 is 1.06. The van der Waals surface area contributed by atoms with Crippen LogP contribution in [0.25, 0.3) is 0 Å². The van der Waals surface area contributed by atoms with Gasteiger partial charge in [-0.2, -0.15) is 0 Å². The van der Waals surface area contributed by atoms with Crippen LogP contribution in [0.15, 0.2) is 16.3 Å². The lowest BCUT2D eigenvalue weighted by atomic mass is 10.1. The maximum absolute atomic E-state index is 12.2. The molecule has 4 N–H and O–H groups in total. The number of carbonyl (C=O) groups is 2. The molecule has 8 nitrogen and oxygen atoms in total. The van der Waals surface area contributed by atoms with Gasteiger partial charge < -0.3 is 16.0 Å². The monoisotopic (exact) mass is 410 g/mol. The van der Waals surface area contributed by atoms with Gasteiger partial charge in [0.1, 0.15) is 4.21 Å². The first kappa shape index (κ1) is 21.8. The molecule has 142 valence electrons. The number of rotatable bonds is 7. The van der Waals surface area contributed by atoms with Gasteiger partial charge in [0.25, 0.3) is 10.0 Å². The Morgan fingerprint density at radius 1 is 1.36 bits per heavy atom. The summed E-state index contributed by atoms with van der Waals surface area (Å²) in [5.41, 5.74) is 0. The van der Waals surface area contributed by atoms with E-state index < -0.39 is 10.0 Å². The first-order chi connectivity index (χ1) is 11.4. The standard InChI is InChI=1S/C14H22N4O4S2.ClH/c1-10(19)16-8-12-4-5-14(23-12)24(21,22)17-9-13(20)18-11-3-2-6-15-7-11;/h4-5,11,15,17H,2-3,6-9H2,1H3,(H,16,19)(H,18,20);1H/t11-;/m0./s1. The van der Waals surface area contributed by atoms with E-state index in [9.17, 15) is 18.0 Å². The molecule has 0 aromatic carbocycles. The highest BCUT2D eigenvalue weighted by Gasteiger charge is 2.20. The Labute approximate surface area is 157 Å². The summed E-state index contributed by atoms with van der Waals surface area (Å²) in [4.78, 5) is 23.5. The van der Waals surface area contributed by atoms with Crippen molar-refractivity contribution < 1.29 is 18.0 Å². The van der Waals surface area contributed by atoms with Crippen molar-refractivity contribution in [2.75, 3.05) is 19.6 Å². The first-order valence-electron chi connectivity index (χ1n) is 7.70. The fourth-order valence-electron chi connectivity index (χ4n) is 2.29. The summed E-state index contributed by atoms with van der Waals surface area (Å²) in [6.07, 6.45) is 1.88. The van der Waals surface area contributed by atoms with E-state index in [2.05, 4.69) is 20.7 Å². The molecule has 25 heavy (non-hydrogen) atoms. The summed E-state index contributed by atoms with van der Waals surface area (Å²) in [5, 5.41) is 8.60. The molecule has 0 bridgehead atoms. The number of amides is 2. The van der Waals surface area contributed by atoms with Crippen LogP contribution in [-0.4, -0.2) is 45.9 Å². The summed E-state index contributed by atoms with van der Waals surface area (Å²) in [5.74, 6) is -0.526. The average molecular weight is 411 g/mol. The van der Waals surface area contributed by atoms with Gasteiger partial charge in [-0.1, -0.05) is 0 Å². The zero-order valence-electron chi connectivity index (χ0n) is 13.8. The van der Waals surface area contributed by atoms with E-state index in [4.69, 9.17) is 0 Å². The zero-order valence-corrected chi connectivity index (χ0v) is 16.3. The molecular formula is C14H23ClN4O4S2. The van der Waals surface area contributed by atoms with Crippen molar-refractivity contribution in [3.8, 4) is 0 Å². The van der Waals surface area contributed by atoms with Gasteiger partial charge in [-0.3, -0.25) is 9.59 Å². The highest BCUT2D eigenvalue weighted by molar-refractivity contribution is 7.91. The predicted molar refractivity (Wildman–Crippen MR) is 98.3 cm³/mol. The van der Waals surface area contributed by atoms with Crippen LogP contribution in [-0.2, 0) is 26.2 Å². The molecule has 1 atom stereocenters. The normalized spacial score (nSPS) is 17.4. The molecular weight excluding hydrogens is 388 g/mol. The molecule has 0 radical (unpaired) electrons. The van der Waals surface area contributed by atoms with Crippen LogP contribution in [0.1, 0.15) is 24.6 Å². The second-order valence-electron chi connectivity index (χ2n) is 5.57. The minimum atomic E-state index is -3.73. The molecule has 0 saturated carbocycles. The third-order valence-electron chi connectivity index (χ3n) is 3.50. The quantitative estimate of drug-likeness (QED) is 0.503. The van der Waals surface area contributed by atoms with E-state index in [-0.39, 0.29) is 47.6 Å². The smallest absolute Gasteiger partial charge is 0.250 e. The second kappa shape index (κ2) is 10.1. The Bertz CT molecular complexity index is 687. The predicted octanol–water partition coefficient (Wildman–Crippen LogP) is -0.0475. The van der Waals surface area contributed by atoms with Crippen LogP contribution >= 0.6 is 23.7 Å². The largest absolute Gasteiger partial charge is 0.351 e. The van der Waals surface area contributed by atoms with E-state index >= 15 is 0 Å². The van der Waals surface area contributed by atoms with E-state index in [1.807, 2.05) is 0 Å². The third kappa shape index (κ3) is 7.28. The number of thiophene rings is 1. The van der Waals surface area contributed by atoms with Gasteiger partial charge in [-0.05, 0) is 31.5 Å². The van der Waals surface area contributed by atoms with Crippen molar-refractivity contribution in [3.63, 3.8) is 0 Å². The van der Waals surface area contributed by atoms with E-state index in [1.165, 1.54) is 13.0 Å². The summed E-state index contributed by atoms with van der Waals surface area (Å²) in [7, 11) is -3.73. The van der Waals surface area contributed by atoms with Gasteiger partial charge in [0.2, 0.25) is 11.8 Å². The SMILES string of the molecule is CC(=O)NCc1ccc(S(=O)(=O)NCC(=O)N[C@H]2CCCNC2)s1.Cl. The lowest BCUT2D eigenvalue weighted by molar-refractivity contribution is -0.121. The molecule has 2 heterocycles. The van der Waals surface area contributed by atoms with Gasteiger partial charge >= 0.3 is 0 Å². The fraction of sp³-hybridized carbons (Fsp3) is 0.571. The molecule has 1 aromatic heterocycles. The number of carbonyl (C=O) groups excluding carboxylic acids is 2. The van der Waals surface area contributed by atoms with Crippen LogP contribution in [0.3, 0.4) is 0 Å². The van der Waals surface area contributed by atoms with Crippen molar-refractivity contribution in [1.82, 2.24) is 20.7 Å². The molecule has 11 heteroatoms. The van der Waals surface area contributed by atoms with Crippen LogP contribution in [0, 0.1) is 0 Å². The van der Waals surface area contributed by atoms with Gasteiger partial charge in [0.05, 0.1) is 13.1 Å². The van der Waals surface area contributed by atoms with Crippen LogP contribution < -0.4 is 20.7 Å². The number of sulfonamides is 1. The van der Waals surface area contributed by atoms with Crippen molar-refractivity contribution in [3.05, 3.63) is 17.0 Å². The van der Waals surface area contributed by atoms with E-state index in [1.54, 1.807) is 6.07 Å². The van der Waals surface area contributed by atoms with Crippen LogP contribution in [0.2, 0.25) is 0 Å². The Balaban J connectivity index is 0.00000312. The highest BCUT2D eigenvalue weighted by Crippen LogP contribution is 2.21. The minimum Gasteiger partial charge on any atom is -0.351 e. The first-order valence-corrected chi connectivity index (χ1v) is 9.99. The molecule has 1 saturated heterocycles. The molecule has 0 unspecified atom stereocenters. The maximum Gasteiger partial charge on any atom is 0.250 e. The Kier molecular flexibility index (Phi) is 8.80. The third-order valence-corrected chi connectivity index (χ3v) is 6.48. The molecule has 2 rings (SSSR count). The molecule has 1 aliphatic heterocycles. The number of hydrogen-bond donors (Lipinski definition) is 4. The Morgan fingerprint density at radius 2 is 2.12 bits per heavy atom. The van der Waals surface area contributed by atoms with Crippen molar-refractivity contribution in [2.24, 2.45) is 0 Å². The topological polar surface area (TPSA) is 116 Å². The Morgan fingerprint density at radius 3 is 2.76 bits per heavy atom. The van der Waals surface area contributed by atoms with Gasteiger partial charge in [-0.15, -0.1) is 23.7 Å². The van der Waals surface area contributed by atoms with Crippen molar-refractivity contribution in [2.45, 2.75) is 36.6 Å². The number of nitrogens with one attached hydrogen (secondary N) is 4. The number of piperidine rings is 1. The van der Waals surface area contributed by atoms with Crippen molar-refractivity contribution in [1.29, 1.82) is 0 Å². The van der Waals surface area contributed by atoms with Crippen LogP contribution in [0.4, 0.5) is 0 Å². The lowest BCUT2D eigenvalue weighted by Crippen LogP contribution is -2.48. The molecule has 1 fully saturated rings. The lowest BCUT2D eigenvalue weighted by Gasteiger charge is -2.23. The fourth-order valence-corrected chi connectivity index (χ4v) is 4.62. The molecule has 1 aliphatic rings. The second-order valence-corrected chi connectivity index (χ2v) is 8.73. The van der Waals surface area contributed by atoms with Crippen LogP contribution in [0.5, 0.6) is 0 Å². The zero-order chi connectivity index (χ0) is 17.6. The summed E-state index contributed by atoms with van der Waals surface area (Å²) in [6, 6.07) is 3.15. The number of hydrogen-bond acceptors (Lipinski definition) is 6. The summed E-state index contributed by atoms with van der Waals surface area (Å²) in [6.45, 7) is 3.03. The van der Waals surface area contributed by atoms with E-state index in [0.717, 1.165) is 35.6 Å². The molecule has 2 amide bonds. The maximum atomic E-state index is 12.2. The molecule has 0 aliphatic carbocycles. The highest BCUT2D eigenvalue weighted by atomic mass is 35.5. The molecule has 1 aromatic rings. The number of halogens is 1. The Hall–Kier alpha value is -1.20. The van der Waals surface area contributed by atoms with Gasteiger partial charge in [-0.25, -0.2) is 13.1 Å². The van der Waals surface area contributed by atoms with Gasteiger partial charge in [0, 0.05) is 24.4 Å². The van der Waals surface area contributed by atoms with Gasteiger partial charge in [0.15, 0.2) is 0 Å². The minimum absolute atomic E-state index is 0.